The fraction of sp³-hybridized carbons (Fsp3) is 0.429. The number of rotatable bonds is 7. The van der Waals surface area contributed by atoms with Gasteiger partial charge in [-0.05, 0) is 25.6 Å². The second kappa shape index (κ2) is 9.11. The smallest absolute Gasteiger partial charge is 0.225 e. The molecule has 0 spiro atoms. The number of anilines is 1. The number of aromatic nitrogens is 4. The molecule has 1 aliphatic rings. The van der Waals surface area contributed by atoms with Crippen molar-refractivity contribution >= 4 is 22.8 Å². The molecule has 1 amide bonds. The van der Waals surface area contributed by atoms with Crippen LogP contribution < -0.4 is 5.32 Å². The maximum Gasteiger partial charge on any atom is 0.225 e. The van der Waals surface area contributed by atoms with Gasteiger partial charge in [-0.2, -0.15) is 5.10 Å². The number of nitrogens with one attached hydrogen (secondary N) is 2. The Morgan fingerprint density at radius 3 is 2.62 bits per heavy atom. The number of carbonyl (C=O) groups is 1. The van der Waals surface area contributed by atoms with Crippen LogP contribution in [0.25, 0.3) is 22.3 Å². The number of nitrogens with zero attached hydrogens (tertiary/aromatic N) is 5. The molecule has 0 saturated carbocycles. The summed E-state index contributed by atoms with van der Waals surface area (Å²) in [6.07, 6.45) is 1.32. The zero-order chi connectivity index (χ0) is 20.1. The zero-order valence-electron chi connectivity index (χ0n) is 16.8. The number of hydrogen-bond acceptors (Lipinski definition) is 6. The van der Waals surface area contributed by atoms with Crippen molar-refractivity contribution in [1.29, 1.82) is 0 Å². The Balaban J connectivity index is 1.33. The Morgan fingerprint density at radius 2 is 1.86 bits per heavy atom. The summed E-state index contributed by atoms with van der Waals surface area (Å²) in [6, 6.07) is 11.7. The van der Waals surface area contributed by atoms with Gasteiger partial charge < -0.3 is 15.1 Å². The Kier molecular flexibility index (Phi) is 6.12. The SMILES string of the molecule is CCN1CCN(CCCC(=O)Nc2n[nH]c3nnc(-c4ccccc4)cc23)CC1. The third-order valence-electron chi connectivity index (χ3n) is 5.44. The first-order chi connectivity index (χ1) is 14.2. The van der Waals surface area contributed by atoms with Gasteiger partial charge in [0.1, 0.15) is 0 Å². The fourth-order valence-corrected chi connectivity index (χ4v) is 3.66. The molecular weight excluding hydrogens is 366 g/mol. The quantitative estimate of drug-likeness (QED) is 0.641. The van der Waals surface area contributed by atoms with Gasteiger partial charge in [0.25, 0.3) is 0 Å². The molecule has 0 aliphatic carbocycles. The van der Waals surface area contributed by atoms with Crippen LogP contribution >= 0.6 is 0 Å². The van der Waals surface area contributed by atoms with E-state index in [1.165, 1.54) is 0 Å². The van der Waals surface area contributed by atoms with Crippen LogP contribution in [0, 0.1) is 0 Å². The Hall–Kier alpha value is -2.84. The molecule has 1 aromatic carbocycles. The van der Waals surface area contributed by atoms with E-state index in [2.05, 4.69) is 42.4 Å². The first-order valence-corrected chi connectivity index (χ1v) is 10.2. The number of aromatic amines is 1. The van der Waals surface area contributed by atoms with Crippen LogP contribution in [-0.4, -0.2) is 75.4 Å². The molecule has 29 heavy (non-hydrogen) atoms. The van der Waals surface area contributed by atoms with Crippen LogP contribution in [0.5, 0.6) is 0 Å². The predicted octanol–water partition coefficient (Wildman–Crippen LogP) is 2.38. The first kappa shape index (κ1) is 19.5. The molecule has 0 atom stereocenters. The molecule has 3 aromatic rings. The fourth-order valence-electron chi connectivity index (χ4n) is 3.66. The van der Waals surface area contributed by atoms with Crippen LogP contribution in [0.2, 0.25) is 0 Å². The summed E-state index contributed by atoms with van der Waals surface area (Å²) < 4.78 is 0. The summed E-state index contributed by atoms with van der Waals surface area (Å²) >= 11 is 0. The van der Waals surface area contributed by atoms with Gasteiger partial charge in [-0.3, -0.25) is 9.89 Å². The lowest BCUT2D eigenvalue weighted by Crippen LogP contribution is -2.46. The minimum absolute atomic E-state index is 0.0244. The molecule has 8 nitrogen and oxygen atoms in total. The Labute approximate surface area is 170 Å². The summed E-state index contributed by atoms with van der Waals surface area (Å²) in [5.74, 6) is 0.484. The van der Waals surface area contributed by atoms with E-state index < -0.39 is 0 Å². The van der Waals surface area contributed by atoms with Crippen molar-refractivity contribution in [3.05, 3.63) is 36.4 Å². The molecule has 152 valence electrons. The Bertz CT molecular complexity index is 948. The van der Waals surface area contributed by atoms with Gasteiger partial charge in [0, 0.05) is 38.2 Å². The van der Waals surface area contributed by atoms with Crippen molar-refractivity contribution < 1.29 is 4.79 Å². The third-order valence-corrected chi connectivity index (χ3v) is 5.44. The average Bonchev–Trinajstić information content (AvgIpc) is 3.17. The van der Waals surface area contributed by atoms with Gasteiger partial charge in [0.05, 0.1) is 11.1 Å². The molecule has 8 heteroatoms. The maximum absolute atomic E-state index is 12.4. The van der Waals surface area contributed by atoms with Crippen LogP contribution in [0.4, 0.5) is 5.82 Å². The number of hydrogen-bond donors (Lipinski definition) is 2. The summed E-state index contributed by atoms with van der Waals surface area (Å²) in [6.45, 7) is 8.67. The lowest BCUT2D eigenvalue weighted by molar-refractivity contribution is -0.116. The van der Waals surface area contributed by atoms with Crippen molar-refractivity contribution in [1.82, 2.24) is 30.2 Å². The van der Waals surface area contributed by atoms with E-state index in [0.717, 1.165) is 62.3 Å². The van der Waals surface area contributed by atoms with Gasteiger partial charge in [0.15, 0.2) is 11.5 Å². The average molecular weight is 393 g/mol. The van der Waals surface area contributed by atoms with E-state index in [0.29, 0.717) is 17.9 Å². The highest BCUT2D eigenvalue weighted by molar-refractivity contribution is 5.99. The third kappa shape index (κ3) is 4.78. The summed E-state index contributed by atoms with van der Waals surface area (Å²) in [4.78, 5) is 17.3. The lowest BCUT2D eigenvalue weighted by atomic mass is 10.1. The number of likely N-dealkylation sites (N-methyl/N-ethyl adjacent to an activating group) is 1. The maximum atomic E-state index is 12.4. The second-order valence-corrected chi connectivity index (χ2v) is 7.36. The van der Waals surface area contributed by atoms with E-state index >= 15 is 0 Å². The molecule has 1 aliphatic heterocycles. The van der Waals surface area contributed by atoms with Crippen molar-refractivity contribution in [2.24, 2.45) is 0 Å². The number of H-pyrrole nitrogens is 1. The van der Waals surface area contributed by atoms with Crippen molar-refractivity contribution in [3.63, 3.8) is 0 Å². The highest BCUT2D eigenvalue weighted by Crippen LogP contribution is 2.24. The van der Waals surface area contributed by atoms with E-state index in [1.807, 2.05) is 36.4 Å². The normalized spacial score (nSPS) is 15.6. The van der Waals surface area contributed by atoms with E-state index in [4.69, 9.17) is 0 Å². The van der Waals surface area contributed by atoms with Gasteiger partial charge in [-0.25, -0.2) is 0 Å². The molecular formula is C21H27N7O. The monoisotopic (exact) mass is 393 g/mol. The van der Waals surface area contributed by atoms with Crippen molar-refractivity contribution in [2.75, 3.05) is 44.6 Å². The highest BCUT2D eigenvalue weighted by atomic mass is 16.1. The minimum Gasteiger partial charge on any atom is -0.309 e. The Morgan fingerprint density at radius 1 is 1.10 bits per heavy atom. The van der Waals surface area contributed by atoms with Crippen molar-refractivity contribution in [2.45, 2.75) is 19.8 Å². The van der Waals surface area contributed by atoms with Crippen LogP contribution in [0.3, 0.4) is 0 Å². The minimum atomic E-state index is -0.0244. The highest BCUT2D eigenvalue weighted by Gasteiger charge is 2.16. The molecule has 0 unspecified atom stereocenters. The van der Waals surface area contributed by atoms with Crippen LogP contribution in [0.15, 0.2) is 36.4 Å². The largest absolute Gasteiger partial charge is 0.309 e. The number of carbonyl (C=O) groups excluding carboxylic acids is 1. The van der Waals surface area contributed by atoms with E-state index in [-0.39, 0.29) is 5.91 Å². The number of piperazine rings is 1. The molecule has 0 bridgehead atoms. The lowest BCUT2D eigenvalue weighted by Gasteiger charge is -2.33. The van der Waals surface area contributed by atoms with Crippen LogP contribution in [0.1, 0.15) is 19.8 Å². The first-order valence-electron chi connectivity index (χ1n) is 10.2. The summed E-state index contributed by atoms with van der Waals surface area (Å²) in [7, 11) is 0. The van der Waals surface area contributed by atoms with E-state index in [1.54, 1.807) is 0 Å². The molecule has 2 N–H and O–H groups in total. The second-order valence-electron chi connectivity index (χ2n) is 7.36. The van der Waals surface area contributed by atoms with Gasteiger partial charge in [-0.15, -0.1) is 10.2 Å². The molecule has 1 saturated heterocycles. The summed E-state index contributed by atoms with van der Waals surface area (Å²) in [5.41, 5.74) is 2.29. The van der Waals surface area contributed by atoms with E-state index in [9.17, 15) is 4.79 Å². The van der Waals surface area contributed by atoms with Gasteiger partial charge >= 0.3 is 0 Å². The predicted molar refractivity (Wildman–Crippen MR) is 114 cm³/mol. The van der Waals surface area contributed by atoms with Crippen LogP contribution in [-0.2, 0) is 4.79 Å². The molecule has 0 radical (unpaired) electrons. The van der Waals surface area contributed by atoms with Gasteiger partial charge in [-0.1, -0.05) is 37.3 Å². The number of amides is 1. The van der Waals surface area contributed by atoms with Crippen molar-refractivity contribution in [3.8, 4) is 11.3 Å². The molecule has 3 heterocycles. The number of fused-ring (bicyclic) bond motifs is 1. The molecule has 4 rings (SSSR count). The molecule has 1 fully saturated rings. The zero-order valence-corrected chi connectivity index (χ0v) is 16.8. The summed E-state index contributed by atoms with van der Waals surface area (Å²) in [5, 5.41) is 19.2. The topological polar surface area (TPSA) is 90.0 Å². The number of benzene rings is 1. The standard InChI is InChI=1S/C21H27N7O/c1-2-27-11-13-28(14-12-27)10-6-9-19(29)22-20-17-15-18(16-7-4-3-5-8-16)23-25-21(17)26-24-20/h3-5,7-8,15H,2,6,9-14H2,1H3,(H2,22,24,25,26,29). The molecule has 2 aromatic heterocycles. The van der Waals surface area contributed by atoms with Gasteiger partial charge in [0.2, 0.25) is 5.91 Å².